The lowest BCUT2D eigenvalue weighted by Crippen LogP contribution is -2.28. The predicted molar refractivity (Wildman–Crippen MR) is 68.6 cm³/mol. The third-order valence-corrected chi connectivity index (χ3v) is 3.81. The Hall–Kier alpha value is -0.570. The van der Waals surface area contributed by atoms with E-state index in [2.05, 4.69) is 27.8 Å². The fraction of sp³-hybridized carbons (Fsp3) is 0.615. The van der Waals surface area contributed by atoms with Gasteiger partial charge >= 0.3 is 0 Å². The number of nitrogens with zero attached hydrogens (tertiary/aromatic N) is 1. The third-order valence-electron chi connectivity index (χ3n) is 3.21. The van der Waals surface area contributed by atoms with E-state index in [0.717, 1.165) is 28.8 Å². The van der Waals surface area contributed by atoms with E-state index in [4.69, 9.17) is 4.74 Å². The van der Waals surface area contributed by atoms with E-state index in [9.17, 15) is 0 Å². The fourth-order valence-corrected chi connectivity index (χ4v) is 2.70. The van der Waals surface area contributed by atoms with Crippen LogP contribution in [0.5, 0.6) is 5.88 Å². The molecule has 1 heterocycles. The lowest BCUT2D eigenvalue weighted by atomic mass is 9.73. The average molecular weight is 284 g/mol. The Morgan fingerprint density at radius 1 is 1.44 bits per heavy atom. The van der Waals surface area contributed by atoms with Crippen LogP contribution in [-0.2, 0) is 0 Å². The smallest absolute Gasteiger partial charge is 0.227 e. The summed E-state index contributed by atoms with van der Waals surface area (Å²) in [5.41, 5.74) is 0. The van der Waals surface area contributed by atoms with Crippen LogP contribution in [0.15, 0.2) is 22.8 Å². The molecule has 1 fully saturated rings. The van der Waals surface area contributed by atoms with Gasteiger partial charge in [-0.3, -0.25) is 0 Å². The summed E-state index contributed by atoms with van der Waals surface area (Å²) in [7, 11) is 0. The lowest BCUT2D eigenvalue weighted by Gasteiger charge is -2.34. The highest BCUT2D eigenvalue weighted by atomic mass is 79.9. The molecule has 0 spiro atoms. The molecule has 16 heavy (non-hydrogen) atoms. The number of pyridine rings is 1. The summed E-state index contributed by atoms with van der Waals surface area (Å²) in [5.74, 6) is 2.41. The fourth-order valence-electron chi connectivity index (χ4n) is 2.33. The standard InChI is InChI=1S/C13H18BrNO/c1-2-4-10-7-11(8-10)9-16-13-12(14)5-3-6-15-13/h3,5-6,10-11H,2,4,7-9H2,1H3. The highest BCUT2D eigenvalue weighted by Gasteiger charge is 2.28. The van der Waals surface area contributed by atoms with Gasteiger partial charge in [-0.1, -0.05) is 19.8 Å². The number of halogens is 1. The van der Waals surface area contributed by atoms with Crippen molar-refractivity contribution >= 4 is 15.9 Å². The molecule has 0 unspecified atom stereocenters. The molecular formula is C13H18BrNO. The van der Waals surface area contributed by atoms with Crippen LogP contribution in [0, 0.1) is 11.8 Å². The van der Waals surface area contributed by atoms with E-state index in [-0.39, 0.29) is 0 Å². The van der Waals surface area contributed by atoms with Crippen LogP contribution in [-0.4, -0.2) is 11.6 Å². The van der Waals surface area contributed by atoms with Gasteiger partial charge in [-0.2, -0.15) is 0 Å². The van der Waals surface area contributed by atoms with Crippen molar-refractivity contribution < 1.29 is 4.74 Å². The molecule has 0 bridgehead atoms. The number of hydrogen-bond donors (Lipinski definition) is 0. The van der Waals surface area contributed by atoms with Gasteiger partial charge in [-0.25, -0.2) is 4.98 Å². The van der Waals surface area contributed by atoms with Gasteiger partial charge in [0.1, 0.15) is 0 Å². The predicted octanol–water partition coefficient (Wildman–Crippen LogP) is 4.05. The SMILES string of the molecule is CCCC1CC(COc2ncccc2Br)C1. The monoisotopic (exact) mass is 283 g/mol. The second-order valence-electron chi connectivity index (χ2n) is 4.59. The van der Waals surface area contributed by atoms with E-state index >= 15 is 0 Å². The summed E-state index contributed by atoms with van der Waals surface area (Å²) >= 11 is 3.44. The van der Waals surface area contributed by atoms with E-state index < -0.39 is 0 Å². The Morgan fingerprint density at radius 2 is 2.25 bits per heavy atom. The molecule has 1 aliphatic carbocycles. The van der Waals surface area contributed by atoms with Gasteiger partial charge in [-0.05, 0) is 52.7 Å². The van der Waals surface area contributed by atoms with E-state index in [0.29, 0.717) is 0 Å². The molecule has 88 valence electrons. The molecule has 1 aliphatic rings. The average Bonchev–Trinajstić information content (AvgIpc) is 2.23. The van der Waals surface area contributed by atoms with Gasteiger partial charge in [0.2, 0.25) is 5.88 Å². The summed E-state index contributed by atoms with van der Waals surface area (Å²) in [5, 5.41) is 0. The number of aromatic nitrogens is 1. The molecular weight excluding hydrogens is 266 g/mol. The maximum absolute atomic E-state index is 5.71. The first-order chi connectivity index (χ1) is 7.79. The maximum Gasteiger partial charge on any atom is 0.227 e. The Kier molecular flexibility index (Phi) is 4.22. The lowest BCUT2D eigenvalue weighted by molar-refractivity contribution is 0.111. The van der Waals surface area contributed by atoms with Gasteiger partial charge in [0.25, 0.3) is 0 Å². The summed E-state index contributed by atoms with van der Waals surface area (Å²) < 4.78 is 6.65. The minimum atomic E-state index is 0.724. The highest BCUT2D eigenvalue weighted by molar-refractivity contribution is 9.10. The summed E-state index contributed by atoms with van der Waals surface area (Å²) in [6, 6.07) is 3.86. The van der Waals surface area contributed by atoms with Crippen LogP contribution in [0.25, 0.3) is 0 Å². The Balaban J connectivity index is 1.72. The van der Waals surface area contributed by atoms with Crippen molar-refractivity contribution in [2.24, 2.45) is 11.8 Å². The first kappa shape index (κ1) is 11.9. The molecule has 1 aromatic heterocycles. The zero-order valence-corrected chi connectivity index (χ0v) is 11.2. The van der Waals surface area contributed by atoms with Gasteiger partial charge < -0.3 is 4.74 Å². The molecule has 0 saturated heterocycles. The second kappa shape index (κ2) is 5.67. The number of hydrogen-bond acceptors (Lipinski definition) is 2. The molecule has 0 N–H and O–H groups in total. The molecule has 0 radical (unpaired) electrons. The molecule has 0 aliphatic heterocycles. The van der Waals surface area contributed by atoms with Crippen LogP contribution in [0.1, 0.15) is 32.6 Å². The molecule has 1 saturated carbocycles. The van der Waals surface area contributed by atoms with Crippen molar-refractivity contribution in [2.45, 2.75) is 32.6 Å². The van der Waals surface area contributed by atoms with Crippen LogP contribution in [0.2, 0.25) is 0 Å². The van der Waals surface area contributed by atoms with Crippen LogP contribution in [0.4, 0.5) is 0 Å². The van der Waals surface area contributed by atoms with Crippen molar-refractivity contribution in [2.75, 3.05) is 6.61 Å². The second-order valence-corrected chi connectivity index (χ2v) is 5.45. The largest absolute Gasteiger partial charge is 0.477 e. The van der Waals surface area contributed by atoms with Crippen molar-refractivity contribution in [3.63, 3.8) is 0 Å². The van der Waals surface area contributed by atoms with Gasteiger partial charge in [0, 0.05) is 6.20 Å². The summed E-state index contributed by atoms with van der Waals surface area (Å²) in [4.78, 5) is 4.19. The summed E-state index contributed by atoms with van der Waals surface area (Å²) in [6.07, 6.45) is 7.12. The minimum absolute atomic E-state index is 0.724. The molecule has 0 atom stereocenters. The number of ether oxygens (including phenoxy) is 1. The zero-order valence-electron chi connectivity index (χ0n) is 9.66. The molecule has 0 aromatic carbocycles. The molecule has 3 heteroatoms. The topological polar surface area (TPSA) is 22.1 Å². The van der Waals surface area contributed by atoms with Gasteiger partial charge in [0.15, 0.2) is 0 Å². The Labute approximate surface area is 106 Å². The van der Waals surface area contributed by atoms with Crippen molar-refractivity contribution in [3.8, 4) is 5.88 Å². The quantitative estimate of drug-likeness (QED) is 0.813. The highest BCUT2D eigenvalue weighted by Crippen LogP contribution is 2.37. The molecule has 1 aromatic rings. The Morgan fingerprint density at radius 3 is 2.94 bits per heavy atom. The van der Waals surface area contributed by atoms with Crippen LogP contribution < -0.4 is 4.74 Å². The van der Waals surface area contributed by atoms with E-state index in [1.165, 1.54) is 25.7 Å². The normalized spacial score (nSPS) is 23.9. The molecule has 0 amide bonds. The van der Waals surface area contributed by atoms with Crippen molar-refractivity contribution in [3.05, 3.63) is 22.8 Å². The number of rotatable bonds is 5. The zero-order chi connectivity index (χ0) is 11.4. The first-order valence-corrected chi connectivity index (χ1v) is 6.82. The molecule has 2 rings (SSSR count). The maximum atomic E-state index is 5.71. The molecule has 2 nitrogen and oxygen atoms in total. The van der Waals surface area contributed by atoms with Crippen molar-refractivity contribution in [1.29, 1.82) is 0 Å². The first-order valence-electron chi connectivity index (χ1n) is 6.03. The summed E-state index contributed by atoms with van der Waals surface area (Å²) in [6.45, 7) is 3.07. The van der Waals surface area contributed by atoms with E-state index in [1.807, 2.05) is 12.1 Å². The van der Waals surface area contributed by atoms with Crippen LogP contribution >= 0.6 is 15.9 Å². The Bertz CT molecular complexity index is 336. The van der Waals surface area contributed by atoms with Crippen molar-refractivity contribution in [1.82, 2.24) is 4.98 Å². The third kappa shape index (κ3) is 2.97. The minimum Gasteiger partial charge on any atom is -0.477 e. The van der Waals surface area contributed by atoms with E-state index in [1.54, 1.807) is 6.20 Å². The van der Waals surface area contributed by atoms with Gasteiger partial charge in [-0.15, -0.1) is 0 Å². The van der Waals surface area contributed by atoms with Crippen LogP contribution in [0.3, 0.4) is 0 Å². The van der Waals surface area contributed by atoms with Gasteiger partial charge in [0.05, 0.1) is 11.1 Å².